The maximum atomic E-state index is 12.3. The summed E-state index contributed by atoms with van der Waals surface area (Å²) in [6, 6.07) is 7.57. The highest BCUT2D eigenvalue weighted by atomic mass is 16.2. The molecule has 1 rings (SSSR count). The van der Waals surface area contributed by atoms with Crippen LogP contribution in [0.5, 0.6) is 0 Å². The lowest BCUT2D eigenvalue weighted by molar-refractivity contribution is -0.118. The first-order valence-corrected chi connectivity index (χ1v) is 7.85. The molecule has 0 radical (unpaired) electrons. The molecule has 1 aromatic carbocycles. The van der Waals surface area contributed by atoms with Crippen molar-refractivity contribution in [3.63, 3.8) is 0 Å². The Morgan fingerprint density at radius 3 is 2.25 bits per heavy atom. The van der Waals surface area contributed by atoms with E-state index >= 15 is 0 Å². The van der Waals surface area contributed by atoms with E-state index in [1.165, 1.54) is 19.3 Å². The van der Waals surface area contributed by atoms with Crippen molar-refractivity contribution in [2.45, 2.75) is 58.8 Å². The van der Waals surface area contributed by atoms with E-state index in [1.54, 1.807) is 0 Å². The normalized spacial score (nSPS) is 10.5. The molecule has 2 N–H and O–H groups in total. The first-order valence-electron chi connectivity index (χ1n) is 7.85. The van der Waals surface area contributed by atoms with E-state index in [4.69, 9.17) is 5.73 Å². The lowest BCUT2D eigenvalue weighted by Crippen LogP contribution is -2.31. The second-order valence-corrected chi connectivity index (χ2v) is 5.30. The minimum Gasteiger partial charge on any atom is -0.399 e. The van der Waals surface area contributed by atoms with Gasteiger partial charge in [-0.15, -0.1) is 0 Å². The van der Waals surface area contributed by atoms with Crippen LogP contribution < -0.4 is 10.6 Å². The predicted octanol–water partition coefficient (Wildman–Crippen LogP) is 4.37. The molecule has 0 saturated carbocycles. The van der Waals surface area contributed by atoms with E-state index in [1.807, 2.05) is 29.2 Å². The Morgan fingerprint density at radius 2 is 1.65 bits per heavy atom. The fourth-order valence-electron chi connectivity index (χ4n) is 2.29. The summed E-state index contributed by atoms with van der Waals surface area (Å²) in [5, 5.41) is 0. The molecule has 0 atom stereocenters. The number of nitrogens with two attached hydrogens (primary N) is 1. The number of hydrogen-bond acceptors (Lipinski definition) is 2. The lowest BCUT2D eigenvalue weighted by Gasteiger charge is -2.22. The Kier molecular flexibility index (Phi) is 7.78. The summed E-state index contributed by atoms with van der Waals surface area (Å²) in [6.45, 7) is 5.08. The SMILES string of the molecule is CCCCCCCC(=O)N(CCC)c1ccc(N)cc1. The van der Waals surface area contributed by atoms with Crippen molar-refractivity contribution in [2.75, 3.05) is 17.2 Å². The molecule has 0 unspecified atom stereocenters. The number of carbonyl (C=O) groups excluding carboxylic acids is 1. The molecule has 3 nitrogen and oxygen atoms in total. The Balaban J connectivity index is 2.52. The van der Waals surface area contributed by atoms with Gasteiger partial charge in [0.25, 0.3) is 0 Å². The average molecular weight is 276 g/mol. The van der Waals surface area contributed by atoms with Gasteiger partial charge < -0.3 is 10.6 Å². The van der Waals surface area contributed by atoms with E-state index in [0.717, 1.165) is 37.2 Å². The van der Waals surface area contributed by atoms with Crippen molar-refractivity contribution < 1.29 is 4.79 Å². The molecule has 1 aromatic rings. The quantitative estimate of drug-likeness (QED) is 0.537. The second kappa shape index (κ2) is 9.40. The Bertz CT molecular complexity index is 386. The number of carbonyl (C=O) groups is 1. The van der Waals surface area contributed by atoms with Gasteiger partial charge in [-0.1, -0.05) is 39.5 Å². The number of nitrogen functional groups attached to an aromatic ring is 1. The smallest absolute Gasteiger partial charge is 0.226 e. The highest BCUT2D eigenvalue weighted by Gasteiger charge is 2.14. The van der Waals surface area contributed by atoms with E-state index in [-0.39, 0.29) is 5.91 Å². The van der Waals surface area contributed by atoms with Crippen molar-refractivity contribution in [2.24, 2.45) is 0 Å². The zero-order valence-electron chi connectivity index (χ0n) is 12.9. The number of hydrogen-bond donors (Lipinski definition) is 1. The molecule has 0 spiro atoms. The van der Waals surface area contributed by atoms with Crippen LogP contribution >= 0.6 is 0 Å². The van der Waals surface area contributed by atoms with Crippen LogP contribution in [0, 0.1) is 0 Å². The monoisotopic (exact) mass is 276 g/mol. The van der Waals surface area contributed by atoms with Gasteiger partial charge in [0.2, 0.25) is 5.91 Å². The van der Waals surface area contributed by atoms with E-state index in [9.17, 15) is 4.79 Å². The Hall–Kier alpha value is -1.51. The zero-order chi connectivity index (χ0) is 14.8. The summed E-state index contributed by atoms with van der Waals surface area (Å²) in [5.74, 6) is 0.230. The first kappa shape index (κ1) is 16.5. The molecule has 1 amide bonds. The molecule has 0 aliphatic carbocycles. The van der Waals surface area contributed by atoms with Crippen LogP contribution in [-0.4, -0.2) is 12.5 Å². The van der Waals surface area contributed by atoms with Gasteiger partial charge in [-0.3, -0.25) is 4.79 Å². The summed E-state index contributed by atoms with van der Waals surface area (Å²) in [7, 11) is 0. The van der Waals surface area contributed by atoms with Gasteiger partial charge in [-0.25, -0.2) is 0 Å². The largest absolute Gasteiger partial charge is 0.399 e. The molecular weight excluding hydrogens is 248 g/mol. The third kappa shape index (κ3) is 5.64. The molecule has 0 saturated heterocycles. The molecule has 0 bridgehead atoms. The second-order valence-electron chi connectivity index (χ2n) is 5.30. The summed E-state index contributed by atoms with van der Waals surface area (Å²) >= 11 is 0. The van der Waals surface area contributed by atoms with Crippen LogP contribution in [0.1, 0.15) is 58.8 Å². The van der Waals surface area contributed by atoms with Crippen LogP contribution in [0.3, 0.4) is 0 Å². The van der Waals surface area contributed by atoms with Crippen LogP contribution in [0.2, 0.25) is 0 Å². The molecule has 0 heterocycles. The van der Waals surface area contributed by atoms with Crippen LogP contribution in [0.25, 0.3) is 0 Å². The molecule has 112 valence electrons. The molecule has 20 heavy (non-hydrogen) atoms. The minimum absolute atomic E-state index is 0.230. The molecular formula is C17H28N2O. The summed E-state index contributed by atoms with van der Waals surface area (Å²) < 4.78 is 0. The first-order chi connectivity index (χ1) is 9.69. The van der Waals surface area contributed by atoms with E-state index in [0.29, 0.717) is 6.42 Å². The van der Waals surface area contributed by atoms with Crippen LogP contribution in [-0.2, 0) is 4.79 Å². The fourth-order valence-corrected chi connectivity index (χ4v) is 2.29. The average Bonchev–Trinajstić information content (AvgIpc) is 2.45. The zero-order valence-corrected chi connectivity index (χ0v) is 12.9. The topological polar surface area (TPSA) is 46.3 Å². The maximum Gasteiger partial charge on any atom is 0.226 e. The van der Waals surface area contributed by atoms with Gasteiger partial charge in [-0.2, -0.15) is 0 Å². The van der Waals surface area contributed by atoms with Crippen molar-refractivity contribution >= 4 is 17.3 Å². The third-order valence-corrected chi connectivity index (χ3v) is 3.45. The maximum absolute atomic E-state index is 12.3. The van der Waals surface area contributed by atoms with Crippen molar-refractivity contribution in [3.05, 3.63) is 24.3 Å². The van der Waals surface area contributed by atoms with Gasteiger partial charge in [0.05, 0.1) is 0 Å². The standard InChI is InChI=1S/C17H28N2O/c1-3-5-6-7-8-9-17(20)19(14-4-2)16-12-10-15(18)11-13-16/h10-13H,3-9,14,18H2,1-2H3. The molecule has 0 fully saturated rings. The Labute approximate surface area is 123 Å². The van der Waals surface area contributed by atoms with Crippen molar-refractivity contribution in [1.82, 2.24) is 0 Å². The van der Waals surface area contributed by atoms with Crippen molar-refractivity contribution in [3.8, 4) is 0 Å². The number of unbranched alkanes of at least 4 members (excludes halogenated alkanes) is 4. The van der Waals surface area contributed by atoms with Gasteiger partial charge in [-0.05, 0) is 37.1 Å². The molecule has 0 aliphatic heterocycles. The number of anilines is 2. The summed E-state index contributed by atoms with van der Waals surface area (Å²) in [4.78, 5) is 14.2. The predicted molar refractivity (Wildman–Crippen MR) is 86.9 cm³/mol. The van der Waals surface area contributed by atoms with E-state index < -0.39 is 0 Å². The number of rotatable bonds is 9. The molecule has 3 heteroatoms. The van der Waals surface area contributed by atoms with Crippen LogP contribution in [0.4, 0.5) is 11.4 Å². The number of benzene rings is 1. The summed E-state index contributed by atoms with van der Waals surface area (Å²) in [6.07, 6.45) is 7.50. The van der Waals surface area contributed by atoms with Gasteiger partial charge >= 0.3 is 0 Å². The van der Waals surface area contributed by atoms with Crippen LogP contribution in [0.15, 0.2) is 24.3 Å². The summed E-state index contributed by atoms with van der Waals surface area (Å²) in [5.41, 5.74) is 7.39. The molecule has 0 aromatic heterocycles. The van der Waals surface area contributed by atoms with Gasteiger partial charge in [0, 0.05) is 24.3 Å². The van der Waals surface area contributed by atoms with E-state index in [2.05, 4.69) is 13.8 Å². The van der Waals surface area contributed by atoms with Gasteiger partial charge in [0.15, 0.2) is 0 Å². The lowest BCUT2D eigenvalue weighted by atomic mass is 10.1. The fraction of sp³-hybridized carbons (Fsp3) is 0.588. The number of amides is 1. The highest BCUT2D eigenvalue weighted by molar-refractivity contribution is 5.93. The molecule has 0 aliphatic rings. The van der Waals surface area contributed by atoms with Gasteiger partial charge in [0.1, 0.15) is 0 Å². The minimum atomic E-state index is 0.230. The van der Waals surface area contributed by atoms with Crippen molar-refractivity contribution in [1.29, 1.82) is 0 Å². The third-order valence-electron chi connectivity index (χ3n) is 3.45. The number of nitrogens with zero attached hydrogens (tertiary/aromatic N) is 1. The highest BCUT2D eigenvalue weighted by Crippen LogP contribution is 2.18. The Morgan fingerprint density at radius 1 is 1.00 bits per heavy atom.